The first-order valence-electron chi connectivity index (χ1n) is 8.56. The number of nitrogens with zero attached hydrogens (tertiary/aromatic N) is 1. The van der Waals surface area contributed by atoms with Crippen molar-refractivity contribution in [2.45, 2.75) is 27.7 Å². The lowest BCUT2D eigenvalue weighted by atomic mass is 10.0. The van der Waals surface area contributed by atoms with Gasteiger partial charge in [0.05, 0.1) is 5.69 Å². The van der Waals surface area contributed by atoms with Crippen LogP contribution in [-0.4, -0.2) is 17.5 Å². The fourth-order valence-corrected chi connectivity index (χ4v) is 3.60. The van der Waals surface area contributed by atoms with Crippen LogP contribution >= 0.6 is 22.9 Å². The number of hydrogen-bond acceptors (Lipinski definition) is 4. The van der Waals surface area contributed by atoms with Gasteiger partial charge in [0.15, 0.2) is 11.7 Å². The number of anilines is 1. The molecule has 3 rings (SSSR count). The monoisotopic (exact) mass is 400 g/mol. The van der Waals surface area contributed by atoms with Crippen molar-refractivity contribution in [3.05, 3.63) is 63.0 Å². The summed E-state index contributed by atoms with van der Waals surface area (Å²) in [5.41, 5.74) is 6.11. The molecule has 0 aliphatic carbocycles. The first-order valence-corrected chi connectivity index (χ1v) is 9.82. The first-order chi connectivity index (χ1) is 12.8. The van der Waals surface area contributed by atoms with Crippen LogP contribution in [0.2, 0.25) is 5.02 Å². The van der Waals surface area contributed by atoms with Crippen molar-refractivity contribution in [2.75, 3.05) is 11.9 Å². The minimum atomic E-state index is -0.248. The maximum absolute atomic E-state index is 12.2. The van der Waals surface area contributed by atoms with Crippen LogP contribution in [0.5, 0.6) is 5.75 Å². The minimum Gasteiger partial charge on any atom is -0.484 e. The van der Waals surface area contributed by atoms with E-state index in [1.807, 2.05) is 31.4 Å². The van der Waals surface area contributed by atoms with E-state index in [0.29, 0.717) is 15.9 Å². The summed E-state index contributed by atoms with van der Waals surface area (Å²) in [5.74, 6) is 0.377. The van der Waals surface area contributed by atoms with Gasteiger partial charge in [-0.1, -0.05) is 29.3 Å². The largest absolute Gasteiger partial charge is 0.484 e. The molecule has 0 aliphatic heterocycles. The molecule has 0 saturated carbocycles. The molecular weight excluding hydrogens is 380 g/mol. The van der Waals surface area contributed by atoms with Crippen LogP contribution in [0.3, 0.4) is 0 Å². The van der Waals surface area contributed by atoms with Crippen molar-refractivity contribution in [1.29, 1.82) is 0 Å². The van der Waals surface area contributed by atoms with E-state index in [9.17, 15) is 4.79 Å². The van der Waals surface area contributed by atoms with Gasteiger partial charge in [-0.05, 0) is 62.6 Å². The van der Waals surface area contributed by atoms with Gasteiger partial charge in [-0.25, -0.2) is 4.98 Å². The lowest BCUT2D eigenvalue weighted by molar-refractivity contribution is -0.118. The number of hydrogen-bond donors (Lipinski definition) is 1. The number of carbonyl (C=O) groups is 1. The second-order valence-corrected chi connectivity index (χ2v) is 7.80. The molecule has 1 heterocycles. The quantitative estimate of drug-likeness (QED) is 0.596. The summed E-state index contributed by atoms with van der Waals surface area (Å²) in [7, 11) is 0. The highest BCUT2D eigenvalue weighted by Gasteiger charge is 2.11. The Balaban J connectivity index is 1.64. The number of rotatable bonds is 5. The second kappa shape index (κ2) is 8.11. The fourth-order valence-electron chi connectivity index (χ4n) is 2.76. The predicted molar refractivity (Wildman–Crippen MR) is 112 cm³/mol. The maximum Gasteiger partial charge on any atom is 0.264 e. The van der Waals surface area contributed by atoms with Crippen LogP contribution in [0.25, 0.3) is 11.3 Å². The lowest BCUT2D eigenvalue weighted by Gasteiger charge is -2.09. The summed E-state index contributed by atoms with van der Waals surface area (Å²) in [4.78, 5) is 16.7. The Kier molecular flexibility index (Phi) is 5.82. The van der Waals surface area contributed by atoms with Crippen molar-refractivity contribution in [3.8, 4) is 17.0 Å². The van der Waals surface area contributed by atoms with Gasteiger partial charge in [0.1, 0.15) is 5.75 Å². The van der Waals surface area contributed by atoms with Crippen LogP contribution in [0.15, 0.2) is 35.7 Å². The van der Waals surface area contributed by atoms with E-state index in [1.54, 1.807) is 0 Å². The molecule has 1 aromatic heterocycles. The third-order valence-corrected chi connectivity index (χ3v) is 5.55. The molecule has 27 heavy (non-hydrogen) atoms. The standard InChI is InChI=1S/C21H21ClN2O2S/c1-12-5-6-13(2)17(7-12)18-11-27-21(23-18)24-19(25)10-26-16-8-14(3)20(22)15(4)9-16/h5-9,11H,10H2,1-4H3,(H,23,24,25). The zero-order valence-electron chi connectivity index (χ0n) is 15.7. The molecule has 1 N–H and O–H groups in total. The Morgan fingerprint density at radius 3 is 2.52 bits per heavy atom. The van der Waals surface area contributed by atoms with Crippen LogP contribution in [-0.2, 0) is 4.79 Å². The van der Waals surface area contributed by atoms with Crippen molar-refractivity contribution >= 4 is 34.0 Å². The zero-order chi connectivity index (χ0) is 19.6. The third-order valence-electron chi connectivity index (χ3n) is 4.20. The van der Waals surface area contributed by atoms with E-state index < -0.39 is 0 Å². The van der Waals surface area contributed by atoms with Crippen LogP contribution in [0, 0.1) is 27.7 Å². The van der Waals surface area contributed by atoms with E-state index in [4.69, 9.17) is 16.3 Å². The summed E-state index contributed by atoms with van der Waals surface area (Å²) in [6.45, 7) is 7.84. The van der Waals surface area contributed by atoms with Gasteiger partial charge in [-0.3, -0.25) is 10.1 Å². The lowest BCUT2D eigenvalue weighted by Crippen LogP contribution is -2.20. The van der Waals surface area contributed by atoms with Gasteiger partial charge in [0.25, 0.3) is 5.91 Å². The Hall–Kier alpha value is -2.37. The van der Waals surface area contributed by atoms with Gasteiger partial charge < -0.3 is 4.74 Å². The molecular formula is C21H21ClN2O2S. The molecule has 140 valence electrons. The van der Waals surface area contributed by atoms with Gasteiger partial charge in [0, 0.05) is 16.0 Å². The number of nitrogens with one attached hydrogen (secondary N) is 1. The highest BCUT2D eigenvalue weighted by Crippen LogP contribution is 2.28. The molecule has 0 fully saturated rings. The van der Waals surface area contributed by atoms with Crippen molar-refractivity contribution < 1.29 is 9.53 Å². The number of aromatic nitrogens is 1. The molecule has 0 unspecified atom stereocenters. The van der Waals surface area contributed by atoms with E-state index in [0.717, 1.165) is 27.9 Å². The van der Waals surface area contributed by atoms with Gasteiger partial charge in [-0.2, -0.15) is 0 Å². The normalized spacial score (nSPS) is 10.7. The first kappa shape index (κ1) is 19.4. The number of halogens is 1. The number of amides is 1. The summed E-state index contributed by atoms with van der Waals surface area (Å²) in [6.07, 6.45) is 0. The van der Waals surface area contributed by atoms with Gasteiger partial charge >= 0.3 is 0 Å². The molecule has 0 aliphatic rings. The Bertz CT molecular complexity index is 975. The molecule has 0 radical (unpaired) electrons. The molecule has 3 aromatic rings. The number of thiazole rings is 1. The maximum atomic E-state index is 12.2. The SMILES string of the molecule is Cc1ccc(C)c(-c2csc(NC(=O)COc3cc(C)c(Cl)c(C)c3)n2)c1. The average Bonchev–Trinajstić information content (AvgIpc) is 3.08. The molecule has 6 heteroatoms. The van der Waals surface area contributed by atoms with Crippen molar-refractivity contribution in [3.63, 3.8) is 0 Å². The fraction of sp³-hybridized carbons (Fsp3) is 0.238. The van der Waals surface area contributed by atoms with Gasteiger partial charge in [0.2, 0.25) is 0 Å². The Morgan fingerprint density at radius 2 is 1.81 bits per heavy atom. The van der Waals surface area contributed by atoms with E-state index in [1.165, 1.54) is 16.9 Å². The van der Waals surface area contributed by atoms with Crippen LogP contribution in [0.4, 0.5) is 5.13 Å². The molecule has 2 aromatic carbocycles. The summed E-state index contributed by atoms with van der Waals surface area (Å²) < 4.78 is 5.59. The van der Waals surface area contributed by atoms with Crippen LogP contribution in [0.1, 0.15) is 22.3 Å². The smallest absolute Gasteiger partial charge is 0.264 e. The third kappa shape index (κ3) is 4.67. The van der Waals surface area contributed by atoms with Gasteiger partial charge in [-0.15, -0.1) is 11.3 Å². The Morgan fingerprint density at radius 1 is 1.11 bits per heavy atom. The zero-order valence-corrected chi connectivity index (χ0v) is 17.3. The molecule has 0 spiro atoms. The van der Waals surface area contributed by atoms with Crippen LogP contribution < -0.4 is 10.1 Å². The number of carbonyl (C=O) groups excluding carboxylic acids is 1. The summed E-state index contributed by atoms with van der Waals surface area (Å²) in [5, 5.41) is 6.02. The summed E-state index contributed by atoms with van der Waals surface area (Å²) in [6, 6.07) is 9.90. The van der Waals surface area contributed by atoms with E-state index >= 15 is 0 Å². The predicted octanol–water partition coefficient (Wildman–Crippen LogP) is 5.71. The number of benzene rings is 2. The average molecular weight is 401 g/mol. The summed E-state index contributed by atoms with van der Waals surface area (Å²) >= 11 is 7.55. The molecule has 1 amide bonds. The second-order valence-electron chi connectivity index (χ2n) is 6.56. The molecule has 4 nitrogen and oxygen atoms in total. The van der Waals surface area contributed by atoms with Crippen molar-refractivity contribution in [1.82, 2.24) is 4.98 Å². The highest BCUT2D eigenvalue weighted by molar-refractivity contribution is 7.14. The molecule has 0 bridgehead atoms. The highest BCUT2D eigenvalue weighted by atomic mass is 35.5. The molecule has 0 saturated heterocycles. The van der Waals surface area contributed by atoms with Crippen molar-refractivity contribution in [2.24, 2.45) is 0 Å². The number of ether oxygens (including phenoxy) is 1. The van der Waals surface area contributed by atoms with E-state index in [2.05, 4.69) is 42.3 Å². The number of aryl methyl sites for hydroxylation is 4. The minimum absolute atomic E-state index is 0.0844. The topological polar surface area (TPSA) is 51.2 Å². The van der Waals surface area contributed by atoms with E-state index in [-0.39, 0.29) is 12.5 Å². The Labute approximate surface area is 168 Å². The molecule has 0 atom stereocenters.